The first kappa shape index (κ1) is 12.4. The molecule has 0 unspecified atom stereocenters. The summed E-state index contributed by atoms with van der Waals surface area (Å²) in [7, 11) is 2.13. The molecule has 84 valence electrons. The minimum Gasteiger partial charge on any atom is -0.375 e. The topological polar surface area (TPSA) is 3.24 Å². The van der Waals surface area contributed by atoms with Crippen LogP contribution in [-0.4, -0.2) is 19.5 Å². The van der Waals surface area contributed by atoms with Crippen LogP contribution in [0.5, 0.6) is 0 Å². The molecule has 0 atom stereocenters. The Balaban J connectivity index is 2.46. The lowest BCUT2D eigenvalue weighted by Gasteiger charge is -2.19. The van der Waals surface area contributed by atoms with E-state index >= 15 is 0 Å². The molecular weight excluding hydrogens is 206 g/mol. The van der Waals surface area contributed by atoms with Crippen molar-refractivity contribution in [3.8, 4) is 0 Å². The fraction of sp³-hybridized carbons (Fsp3) is 0.538. The molecule has 0 radical (unpaired) electrons. The molecule has 0 spiro atoms. The molecule has 0 bridgehead atoms. The zero-order valence-electron chi connectivity index (χ0n) is 9.67. The molecule has 0 heterocycles. The maximum atomic E-state index is 5.65. The second-order valence-electron chi connectivity index (χ2n) is 3.84. The van der Waals surface area contributed by atoms with Gasteiger partial charge in [0.2, 0.25) is 0 Å². The number of rotatable bonds is 6. The van der Waals surface area contributed by atoms with Crippen molar-refractivity contribution in [1.29, 1.82) is 0 Å². The van der Waals surface area contributed by atoms with Crippen molar-refractivity contribution in [2.24, 2.45) is 0 Å². The number of unbranched alkanes of at least 4 members (excludes halogenated alkanes) is 1. The number of aryl methyl sites for hydroxylation is 1. The van der Waals surface area contributed by atoms with Gasteiger partial charge in [-0.2, -0.15) is 0 Å². The van der Waals surface area contributed by atoms with E-state index in [4.69, 9.17) is 11.6 Å². The monoisotopic (exact) mass is 225 g/mol. The number of benzene rings is 1. The molecule has 15 heavy (non-hydrogen) atoms. The van der Waals surface area contributed by atoms with Crippen molar-refractivity contribution < 1.29 is 0 Å². The zero-order valence-corrected chi connectivity index (χ0v) is 10.4. The Hall–Kier alpha value is -0.690. The van der Waals surface area contributed by atoms with Crippen LogP contribution < -0.4 is 4.90 Å². The van der Waals surface area contributed by atoms with Crippen LogP contribution >= 0.6 is 11.6 Å². The van der Waals surface area contributed by atoms with Gasteiger partial charge in [-0.25, -0.2) is 0 Å². The molecule has 0 fully saturated rings. The number of nitrogens with zero attached hydrogens (tertiary/aromatic N) is 1. The lowest BCUT2D eigenvalue weighted by atomic mass is 10.1. The van der Waals surface area contributed by atoms with Gasteiger partial charge in [0.1, 0.15) is 0 Å². The summed E-state index contributed by atoms with van der Waals surface area (Å²) in [6, 6.07) is 8.79. The lowest BCUT2D eigenvalue weighted by Crippen LogP contribution is -2.18. The number of hydrogen-bond donors (Lipinski definition) is 0. The Kier molecular flexibility index (Phi) is 5.56. The Morgan fingerprint density at radius 3 is 2.33 bits per heavy atom. The maximum Gasteiger partial charge on any atom is 0.0363 e. The second-order valence-corrected chi connectivity index (χ2v) is 4.22. The van der Waals surface area contributed by atoms with Crippen molar-refractivity contribution >= 4 is 17.3 Å². The van der Waals surface area contributed by atoms with Gasteiger partial charge in [-0.15, -0.1) is 11.6 Å². The summed E-state index contributed by atoms with van der Waals surface area (Å²) in [5.41, 5.74) is 2.69. The fourth-order valence-corrected chi connectivity index (χ4v) is 1.75. The number of hydrogen-bond acceptors (Lipinski definition) is 1. The molecule has 1 nitrogen and oxygen atoms in total. The van der Waals surface area contributed by atoms with Crippen molar-refractivity contribution in [1.82, 2.24) is 0 Å². The zero-order chi connectivity index (χ0) is 11.1. The molecule has 0 amide bonds. The Morgan fingerprint density at radius 1 is 1.13 bits per heavy atom. The first-order valence-electron chi connectivity index (χ1n) is 5.64. The predicted molar refractivity (Wildman–Crippen MR) is 69.0 cm³/mol. The average molecular weight is 226 g/mol. The molecule has 1 aromatic carbocycles. The van der Waals surface area contributed by atoms with Crippen LogP contribution in [0, 0.1) is 0 Å². The van der Waals surface area contributed by atoms with Gasteiger partial charge < -0.3 is 4.90 Å². The first-order valence-corrected chi connectivity index (χ1v) is 6.17. The van der Waals surface area contributed by atoms with E-state index in [1.165, 1.54) is 11.3 Å². The average Bonchev–Trinajstić information content (AvgIpc) is 2.29. The van der Waals surface area contributed by atoms with Crippen molar-refractivity contribution in [3.05, 3.63) is 29.8 Å². The normalized spacial score (nSPS) is 10.3. The lowest BCUT2D eigenvalue weighted by molar-refractivity contribution is 0.770. The van der Waals surface area contributed by atoms with Crippen molar-refractivity contribution in [3.63, 3.8) is 0 Å². The van der Waals surface area contributed by atoms with Gasteiger partial charge >= 0.3 is 0 Å². The summed E-state index contributed by atoms with van der Waals surface area (Å²) in [5, 5.41) is 0. The van der Waals surface area contributed by atoms with Crippen molar-refractivity contribution in [2.75, 3.05) is 24.4 Å². The summed E-state index contributed by atoms with van der Waals surface area (Å²) in [4.78, 5) is 2.28. The molecule has 1 aromatic rings. The highest BCUT2D eigenvalue weighted by molar-refractivity contribution is 6.17. The molecular formula is C13H20ClN. The van der Waals surface area contributed by atoms with Crippen LogP contribution in [0.4, 0.5) is 5.69 Å². The molecule has 2 heteroatoms. The predicted octanol–water partition coefficient (Wildman–Crippen LogP) is 3.70. The van der Waals surface area contributed by atoms with Gasteiger partial charge in [0, 0.05) is 25.2 Å². The summed E-state index contributed by atoms with van der Waals surface area (Å²) >= 11 is 5.65. The molecule has 1 rings (SSSR count). The van der Waals surface area contributed by atoms with E-state index in [1.807, 2.05) is 0 Å². The van der Waals surface area contributed by atoms with Crippen LogP contribution in [0.15, 0.2) is 24.3 Å². The smallest absolute Gasteiger partial charge is 0.0363 e. The van der Waals surface area contributed by atoms with Gasteiger partial charge in [0.25, 0.3) is 0 Å². The number of alkyl halides is 1. The highest BCUT2D eigenvalue weighted by Gasteiger charge is 1.99. The molecule has 0 aliphatic rings. The summed E-state index contributed by atoms with van der Waals surface area (Å²) in [5.74, 6) is 0.766. The van der Waals surface area contributed by atoms with Crippen LogP contribution in [0.3, 0.4) is 0 Å². The molecule has 0 aliphatic heterocycles. The minimum absolute atomic E-state index is 0.766. The largest absolute Gasteiger partial charge is 0.375 e. The van der Waals surface area contributed by atoms with E-state index < -0.39 is 0 Å². The molecule has 0 aromatic heterocycles. The van der Waals surface area contributed by atoms with Gasteiger partial charge in [0.15, 0.2) is 0 Å². The highest BCUT2D eigenvalue weighted by Crippen LogP contribution is 2.14. The third-order valence-corrected chi connectivity index (χ3v) is 2.93. The quantitative estimate of drug-likeness (QED) is 0.527. The Labute approximate surface area is 98.0 Å². The Morgan fingerprint density at radius 2 is 1.80 bits per heavy atom. The van der Waals surface area contributed by atoms with E-state index in [-0.39, 0.29) is 0 Å². The first-order chi connectivity index (χ1) is 7.27. The van der Waals surface area contributed by atoms with Crippen LogP contribution in [0.25, 0.3) is 0 Å². The molecule has 0 N–H and O–H groups in total. The summed E-state index contributed by atoms with van der Waals surface area (Å²) in [6.45, 7) is 3.26. The summed E-state index contributed by atoms with van der Waals surface area (Å²) in [6.07, 6.45) is 3.37. The van der Waals surface area contributed by atoms with Crippen molar-refractivity contribution in [2.45, 2.75) is 26.2 Å². The third kappa shape index (κ3) is 4.13. The van der Waals surface area contributed by atoms with Gasteiger partial charge in [-0.05, 0) is 37.0 Å². The van der Waals surface area contributed by atoms with Gasteiger partial charge in [-0.1, -0.05) is 19.1 Å². The molecule has 0 saturated carbocycles. The third-order valence-electron chi connectivity index (χ3n) is 2.66. The van der Waals surface area contributed by atoms with Crippen LogP contribution in [-0.2, 0) is 6.42 Å². The van der Waals surface area contributed by atoms with E-state index in [0.717, 1.165) is 31.7 Å². The summed E-state index contributed by atoms with van der Waals surface area (Å²) < 4.78 is 0. The van der Waals surface area contributed by atoms with E-state index in [9.17, 15) is 0 Å². The van der Waals surface area contributed by atoms with Crippen LogP contribution in [0.1, 0.15) is 25.3 Å². The number of halogens is 1. The highest BCUT2D eigenvalue weighted by atomic mass is 35.5. The van der Waals surface area contributed by atoms with E-state index in [2.05, 4.69) is 43.1 Å². The van der Waals surface area contributed by atoms with Gasteiger partial charge in [-0.3, -0.25) is 0 Å². The van der Waals surface area contributed by atoms with E-state index in [1.54, 1.807) is 0 Å². The SMILES string of the molecule is CCc1ccc(N(C)CCCCCl)cc1. The Bertz CT molecular complexity index is 268. The second kappa shape index (κ2) is 6.73. The fourth-order valence-electron chi connectivity index (χ4n) is 1.56. The van der Waals surface area contributed by atoms with E-state index in [0.29, 0.717) is 0 Å². The molecule has 0 aliphatic carbocycles. The van der Waals surface area contributed by atoms with Gasteiger partial charge in [0.05, 0.1) is 0 Å². The number of anilines is 1. The molecule has 0 saturated heterocycles. The maximum absolute atomic E-state index is 5.65. The minimum atomic E-state index is 0.766. The van der Waals surface area contributed by atoms with Crippen LogP contribution in [0.2, 0.25) is 0 Å². The standard InChI is InChI=1S/C13H20ClN/c1-3-12-6-8-13(9-7-12)15(2)11-5-4-10-14/h6-9H,3-5,10-11H2,1-2H3.